The zero-order chi connectivity index (χ0) is 15.4. The van der Waals surface area contributed by atoms with Crippen molar-refractivity contribution in [1.82, 2.24) is 15.2 Å². The van der Waals surface area contributed by atoms with Crippen LogP contribution < -0.4 is 10.1 Å². The molecule has 1 aliphatic rings. The lowest BCUT2D eigenvalue weighted by atomic mass is 10.2. The molecule has 116 valence electrons. The van der Waals surface area contributed by atoms with Crippen molar-refractivity contribution >= 4 is 11.9 Å². The summed E-state index contributed by atoms with van der Waals surface area (Å²) in [7, 11) is 0. The number of aromatic nitrogens is 3. The Balaban J connectivity index is 1.54. The number of ether oxygens (including phenoxy) is 2. The molecule has 1 aliphatic heterocycles. The number of carbonyl (C=O) groups excluding carboxylic acids is 1. The maximum atomic E-state index is 12.0. The third kappa shape index (κ3) is 3.62. The van der Waals surface area contributed by atoms with Gasteiger partial charge in [-0.25, -0.2) is 0 Å². The largest absolute Gasteiger partial charge is 0.491 e. The maximum Gasteiger partial charge on any atom is 0.258 e. The molecule has 2 heterocycles. The van der Waals surface area contributed by atoms with E-state index in [0.29, 0.717) is 18.0 Å². The molecule has 1 unspecified atom stereocenters. The number of hydrogen-bond acceptors (Lipinski definition) is 5. The molecule has 1 saturated heterocycles. The van der Waals surface area contributed by atoms with Gasteiger partial charge >= 0.3 is 0 Å². The first kappa shape index (κ1) is 14.5. The summed E-state index contributed by atoms with van der Waals surface area (Å²) < 4.78 is 11.2. The molecule has 1 amide bonds. The average molecular weight is 302 g/mol. The van der Waals surface area contributed by atoms with Gasteiger partial charge in [-0.2, -0.15) is 4.98 Å². The first-order valence-corrected chi connectivity index (χ1v) is 7.25. The Morgan fingerprint density at radius 2 is 2.27 bits per heavy atom. The van der Waals surface area contributed by atoms with Crippen LogP contribution in [0.3, 0.4) is 0 Å². The molecule has 7 nitrogen and oxygen atoms in total. The lowest BCUT2D eigenvalue weighted by molar-refractivity contribution is 0.0679. The molecule has 1 fully saturated rings. The van der Waals surface area contributed by atoms with Crippen LogP contribution in [0.5, 0.6) is 5.75 Å². The number of carbonyl (C=O) groups is 1. The predicted octanol–water partition coefficient (Wildman–Crippen LogP) is 1.92. The molecular weight excluding hydrogens is 284 g/mol. The van der Waals surface area contributed by atoms with Crippen LogP contribution >= 0.6 is 0 Å². The molecule has 0 radical (unpaired) electrons. The first-order valence-electron chi connectivity index (χ1n) is 7.25. The molecule has 2 N–H and O–H groups in total. The van der Waals surface area contributed by atoms with Crippen LogP contribution in [0.15, 0.2) is 24.3 Å². The summed E-state index contributed by atoms with van der Waals surface area (Å²) in [6.07, 6.45) is 2.31. The molecule has 2 aromatic rings. The van der Waals surface area contributed by atoms with Crippen LogP contribution in [0.4, 0.5) is 5.95 Å². The zero-order valence-corrected chi connectivity index (χ0v) is 12.3. The van der Waals surface area contributed by atoms with Crippen molar-refractivity contribution in [2.75, 3.05) is 18.5 Å². The molecule has 0 bridgehead atoms. The number of anilines is 1. The van der Waals surface area contributed by atoms with Gasteiger partial charge in [0.2, 0.25) is 5.95 Å². The normalized spacial score (nSPS) is 17.4. The van der Waals surface area contributed by atoms with E-state index in [4.69, 9.17) is 9.47 Å². The quantitative estimate of drug-likeness (QED) is 0.881. The van der Waals surface area contributed by atoms with Gasteiger partial charge in [-0.05, 0) is 44.0 Å². The summed E-state index contributed by atoms with van der Waals surface area (Å²) in [6, 6.07) is 6.96. The van der Waals surface area contributed by atoms with E-state index in [2.05, 4.69) is 20.5 Å². The van der Waals surface area contributed by atoms with Crippen LogP contribution in [-0.2, 0) is 4.74 Å². The van der Waals surface area contributed by atoms with Crippen molar-refractivity contribution in [3.05, 3.63) is 35.7 Å². The molecule has 1 atom stereocenters. The summed E-state index contributed by atoms with van der Waals surface area (Å²) in [5, 5.41) is 9.16. The lowest BCUT2D eigenvalue weighted by Crippen LogP contribution is -2.16. The fourth-order valence-electron chi connectivity index (χ4n) is 2.24. The first-order chi connectivity index (χ1) is 10.7. The van der Waals surface area contributed by atoms with Gasteiger partial charge < -0.3 is 9.47 Å². The van der Waals surface area contributed by atoms with E-state index in [9.17, 15) is 4.79 Å². The van der Waals surface area contributed by atoms with Crippen molar-refractivity contribution in [2.45, 2.75) is 25.9 Å². The van der Waals surface area contributed by atoms with E-state index in [-0.39, 0.29) is 18.0 Å². The van der Waals surface area contributed by atoms with Crippen LogP contribution in [-0.4, -0.2) is 40.4 Å². The Morgan fingerprint density at radius 3 is 2.91 bits per heavy atom. The predicted molar refractivity (Wildman–Crippen MR) is 80.0 cm³/mol. The average Bonchev–Trinajstić information content (AvgIpc) is 3.17. The topological polar surface area (TPSA) is 89.1 Å². The number of aryl methyl sites for hydroxylation is 1. The third-order valence-corrected chi connectivity index (χ3v) is 3.40. The van der Waals surface area contributed by atoms with Crippen molar-refractivity contribution in [2.24, 2.45) is 0 Å². The molecular formula is C15H18N4O3. The van der Waals surface area contributed by atoms with Crippen molar-refractivity contribution in [3.63, 3.8) is 0 Å². The Kier molecular flexibility index (Phi) is 4.34. The Hall–Kier alpha value is -2.41. The fourth-order valence-corrected chi connectivity index (χ4v) is 2.24. The minimum absolute atomic E-state index is 0.178. The number of amides is 1. The summed E-state index contributed by atoms with van der Waals surface area (Å²) in [5.41, 5.74) is 0.520. The summed E-state index contributed by atoms with van der Waals surface area (Å²) in [5.74, 6) is 1.37. The second-order valence-corrected chi connectivity index (χ2v) is 5.17. The highest BCUT2D eigenvalue weighted by Gasteiger charge is 2.16. The number of benzene rings is 1. The standard InChI is InChI=1S/C15H18N4O3/c1-10-16-15(19-18-10)17-14(20)11-4-6-12(7-5-11)22-9-13-3-2-8-21-13/h4-7,13H,2-3,8-9H2,1H3,(H2,16,17,18,19,20). The molecule has 1 aromatic heterocycles. The van der Waals surface area contributed by atoms with Crippen LogP contribution in [0, 0.1) is 6.92 Å². The molecule has 0 spiro atoms. The fraction of sp³-hybridized carbons (Fsp3) is 0.400. The maximum absolute atomic E-state index is 12.0. The Labute approximate surface area is 128 Å². The van der Waals surface area contributed by atoms with Gasteiger partial charge in [0.1, 0.15) is 18.2 Å². The van der Waals surface area contributed by atoms with Gasteiger partial charge in [0, 0.05) is 12.2 Å². The van der Waals surface area contributed by atoms with E-state index in [0.717, 1.165) is 25.2 Å². The summed E-state index contributed by atoms with van der Waals surface area (Å²) in [6.45, 7) is 3.12. The molecule has 7 heteroatoms. The highest BCUT2D eigenvalue weighted by atomic mass is 16.5. The number of hydrogen-bond donors (Lipinski definition) is 2. The van der Waals surface area contributed by atoms with Gasteiger partial charge in [-0.3, -0.25) is 15.2 Å². The number of rotatable bonds is 5. The Morgan fingerprint density at radius 1 is 1.45 bits per heavy atom. The number of nitrogens with zero attached hydrogens (tertiary/aromatic N) is 2. The van der Waals surface area contributed by atoms with Gasteiger partial charge in [-0.15, -0.1) is 5.10 Å². The highest BCUT2D eigenvalue weighted by Crippen LogP contribution is 2.17. The minimum Gasteiger partial charge on any atom is -0.491 e. The molecule has 3 rings (SSSR count). The molecule has 0 saturated carbocycles. The second kappa shape index (κ2) is 6.57. The van der Waals surface area contributed by atoms with Crippen LogP contribution in [0.25, 0.3) is 0 Å². The van der Waals surface area contributed by atoms with Gasteiger partial charge in [-0.1, -0.05) is 0 Å². The van der Waals surface area contributed by atoms with E-state index < -0.39 is 0 Å². The van der Waals surface area contributed by atoms with Crippen molar-refractivity contribution in [3.8, 4) is 5.75 Å². The smallest absolute Gasteiger partial charge is 0.258 e. The molecule has 0 aliphatic carbocycles. The monoisotopic (exact) mass is 302 g/mol. The van der Waals surface area contributed by atoms with Crippen LogP contribution in [0.2, 0.25) is 0 Å². The SMILES string of the molecule is Cc1nc(NC(=O)c2ccc(OCC3CCCO3)cc2)n[nH]1. The second-order valence-electron chi connectivity index (χ2n) is 5.17. The summed E-state index contributed by atoms with van der Waals surface area (Å²) >= 11 is 0. The highest BCUT2D eigenvalue weighted by molar-refractivity contribution is 6.03. The minimum atomic E-state index is -0.260. The van der Waals surface area contributed by atoms with Crippen molar-refractivity contribution in [1.29, 1.82) is 0 Å². The number of aromatic amines is 1. The molecule has 1 aromatic carbocycles. The number of H-pyrrole nitrogens is 1. The van der Waals surface area contributed by atoms with Crippen molar-refractivity contribution < 1.29 is 14.3 Å². The van der Waals surface area contributed by atoms with E-state index >= 15 is 0 Å². The van der Waals surface area contributed by atoms with Crippen LogP contribution in [0.1, 0.15) is 29.0 Å². The Bertz CT molecular complexity index is 632. The zero-order valence-electron chi connectivity index (χ0n) is 12.3. The van der Waals surface area contributed by atoms with E-state index in [1.54, 1.807) is 31.2 Å². The van der Waals surface area contributed by atoms with Gasteiger partial charge in [0.25, 0.3) is 5.91 Å². The van der Waals surface area contributed by atoms with E-state index in [1.807, 2.05) is 0 Å². The van der Waals surface area contributed by atoms with E-state index in [1.165, 1.54) is 0 Å². The number of nitrogens with one attached hydrogen (secondary N) is 2. The third-order valence-electron chi connectivity index (χ3n) is 3.40. The van der Waals surface area contributed by atoms with Gasteiger partial charge in [0.15, 0.2) is 0 Å². The van der Waals surface area contributed by atoms with Gasteiger partial charge in [0.05, 0.1) is 6.10 Å². The lowest BCUT2D eigenvalue weighted by Gasteiger charge is -2.11. The summed E-state index contributed by atoms with van der Waals surface area (Å²) in [4.78, 5) is 16.1. The molecule has 22 heavy (non-hydrogen) atoms.